The van der Waals surface area contributed by atoms with E-state index in [-0.39, 0.29) is 11.8 Å². The molecule has 2 atom stereocenters. The summed E-state index contributed by atoms with van der Waals surface area (Å²) in [5.41, 5.74) is 2.81. The van der Waals surface area contributed by atoms with Crippen molar-refractivity contribution in [2.45, 2.75) is 38.1 Å². The number of alkyl halides is 1. The summed E-state index contributed by atoms with van der Waals surface area (Å²) >= 11 is 11.6. The zero-order valence-corrected chi connectivity index (χ0v) is 13.9. The number of halogens is 2. The number of hydrogen-bond acceptors (Lipinski definition) is 4. The van der Waals surface area contributed by atoms with Gasteiger partial charge < -0.3 is 20.4 Å². The Bertz CT molecular complexity index is 641. The van der Waals surface area contributed by atoms with Crippen molar-refractivity contribution in [1.29, 1.82) is 0 Å². The monoisotopic (exact) mass is 356 g/mol. The standard InChI is InChI=1S/C16H18Cl2N2O3/c17-8-14(21)19-13-7-9(5-6-12(13)18)20-15(22)10-3-1-2-4-11(10)16(20)23/h5-7,15-16,22-23H,1-4,8H2,(H,19,21). The van der Waals surface area contributed by atoms with Gasteiger partial charge in [0.25, 0.3) is 0 Å². The molecule has 1 heterocycles. The molecule has 3 N–H and O–H groups in total. The van der Waals surface area contributed by atoms with Gasteiger partial charge in [0.1, 0.15) is 5.88 Å². The number of carbonyl (C=O) groups is 1. The second-order valence-electron chi connectivity index (χ2n) is 5.76. The van der Waals surface area contributed by atoms with Crippen LogP contribution in [0.25, 0.3) is 0 Å². The summed E-state index contributed by atoms with van der Waals surface area (Å²) < 4.78 is 0. The molecule has 0 bridgehead atoms. The van der Waals surface area contributed by atoms with Crippen LogP contribution in [0.4, 0.5) is 11.4 Å². The number of aliphatic hydroxyl groups excluding tert-OH is 2. The summed E-state index contributed by atoms with van der Waals surface area (Å²) in [6.07, 6.45) is 1.94. The number of nitrogens with zero attached hydrogens (tertiary/aromatic N) is 1. The normalized spacial score (nSPS) is 23.9. The molecule has 2 unspecified atom stereocenters. The van der Waals surface area contributed by atoms with Gasteiger partial charge in [0.05, 0.1) is 10.7 Å². The Morgan fingerprint density at radius 2 is 1.83 bits per heavy atom. The smallest absolute Gasteiger partial charge is 0.239 e. The van der Waals surface area contributed by atoms with Crippen molar-refractivity contribution >= 4 is 40.5 Å². The van der Waals surface area contributed by atoms with Crippen LogP contribution in [0.3, 0.4) is 0 Å². The molecule has 0 saturated carbocycles. The number of amides is 1. The number of nitrogens with one attached hydrogen (secondary N) is 1. The van der Waals surface area contributed by atoms with Crippen molar-refractivity contribution in [2.75, 3.05) is 16.1 Å². The van der Waals surface area contributed by atoms with Crippen LogP contribution in [-0.2, 0) is 4.79 Å². The molecular weight excluding hydrogens is 339 g/mol. The number of hydrogen-bond donors (Lipinski definition) is 3. The van der Waals surface area contributed by atoms with Crippen molar-refractivity contribution in [3.63, 3.8) is 0 Å². The first-order chi connectivity index (χ1) is 11.0. The lowest BCUT2D eigenvalue weighted by atomic mass is 9.93. The van der Waals surface area contributed by atoms with Crippen molar-refractivity contribution in [1.82, 2.24) is 0 Å². The third-order valence-electron chi connectivity index (χ3n) is 4.35. The zero-order valence-electron chi connectivity index (χ0n) is 12.4. The van der Waals surface area contributed by atoms with Gasteiger partial charge >= 0.3 is 0 Å². The lowest BCUT2D eigenvalue weighted by molar-refractivity contribution is -0.113. The van der Waals surface area contributed by atoms with E-state index in [1.165, 1.54) is 0 Å². The first-order valence-electron chi connectivity index (χ1n) is 7.54. The number of carbonyl (C=O) groups excluding carboxylic acids is 1. The van der Waals surface area contributed by atoms with Crippen molar-refractivity contribution < 1.29 is 15.0 Å². The van der Waals surface area contributed by atoms with Crippen LogP contribution in [0.15, 0.2) is 29.3 Å². The Kier molecular flexibility index (Phi) is 4.82. The molecule has 1 aliphatic heterocycles. The summed E-state index contributed by atoms with van der Waals surface area (Å²) in [6.45, 7) is 0. The molecule has 2 aliphatic rings. The van der Waals surface area contributed by atoms with Gasteiger partial charge in [-0.15, -0.1) is 11.6 Å². The highest BCUT2D eigenvalue weighted by molar-refractivity contribution is 6.34. The summed E-state index contributed by atoms with van der Waals surface area (Å²) in [7, 11) is 0. The van der Waals surface area contributed by atoms with E-state index in [1.54, 1.807) is 23.1 Å². The van der Waals surface area contributed by atoms with E-state index in [9.17, 15) is 15.0 Å². The van der Waals surface area contributed by atoms with Gasteiger partial charge in [-0.25, -0.2) is 0 Å². The van der Waals surface area contributed by atoms with Gasteiger partial charge in [-0.3, -0.25) is 4.79 Å². The molecular formula is C16H18Cl2N2O3. The summed E-state index contributed by atoms with van der Waals surface area (Å²) in [5, 5.41) is 24.1. The maximum absolute atomic E-state index is 11.5. The van der Waals surface area contributed by atoms with E-state index in [1.807, 2.05) is 0 Å². The number of benzene rings is 1. The Hall–Kier alpha value is -1.27. The average molecular weight is 357 g/mol. The fourth-order valence-electron chi connectivity index (χ4n) is 3.25. The van der Waals surface area contributed by atoms with Gasteiger partial charge in [-0.1, -0.05) is 11.6 Å². The van der Waals surface area contributed by atoms with Crippen LogP contribution in [0.5, 0.6) is 0 Å². The van der Waals surface area contributed by atoms with Crippen LogP contribution in [0.2, 0.25) is 5.02 Å². The van der Waals surface area contributed by atoms with E-state index in [2.05, 4.69) is 5.32 Å². The quantitative estimate of drug-likeness (QED) is 0.575. The predicted molar refractivity (Wildman–Crippen MR) is 90.8 cm³/mol. The Balaban J connectivity index is 1.90. The molecule has 1 aliphatic carbocycles. The average Bonchev–Trinajstić information content (AvgIpc) is 2.81. The van der Waals surface area contributed by atoms with Crippen LogP contribution in [-0.4, -0.2) is 34.5 Å². The molecule has 5 nitrogen and oxygen atoms in total. The molecule has 0 fully saturated rings. The van der Waals surface area contributed by atoms with Gasteiger partial charge in [-0.05, 0) is 55.0 Å². The highest BCUT2D eigenvalue weighted by atomic mass is 35.5. The maximum atomic E-state index is 11.5. The lowest BCUT2D eigenvalue weighted by Gasteiger charge is -2.28. The zero-order chi connectivity index (χ0) is 16.6. The minimum atomic E-state index is -0.849. The minimum Gasteiger partial charge on any atom is -0.369 e. The second-order valence-corrected chi connectivity index (χ2v) is 6.43. The molecule has 0 aromatic heterocycles. The van der Waals surface area contributed by atoms with E-state index in [4.69, 9.17) is 23.2 Å². The highest BCUT2D eigenvalue weighted by Gasteiger charge is 2.39. The topological polar surface area (TPSA) is 72.8 Å². The van der Waals surface area contributed by atoms with E-state index in [0.29, 0.717) is 16.4 Å². The molecule has 23 heavy (non-hydrogen) atoms. The molecule has 7 heteroatoms. The first-order valence-corrected chi connectivity index (χ1v) is 8.46. The van der Waals surface area contributed by atoms with E-state index < -0.39 is 12.5 Å². The largest absolute Gasteiger partial charge is 0.369 e. The van der Waals surface area contributed by atoms with Crippen LogP contribution in [0, 0.1) is 0 Å². The maximum Gasteiger partial charge on any atom is 0.239 e. The van der Waals surface area contributed by atoms with Crippen LogP contribution in [0.1, 0.15) is 25.7 Å². The van der Waals surface area contributed by atoms with Crippen molar-refractivity contribution in [3.05, 3.63) is 34.4 Å². The predicted octanol–water partition coefficient (Wildman–Crippen LogP) is 2.84. The summed E-state index contributed by atoms with van der Waals surface area (Å²) in [6, 6.07) is 4.97. The second kappa shape index (κ2) is 6.69. The third kappa shape index (κ3) is 3.06. The first kappa shape index (κ1) is 16.6. The molecule has 0 radical (unpaired) electrons. The Morgan fingerprint density at radius 1 is 1.22 bits per heavy atom. The van der Waals surface area contributed by atoms with Crippen LogP contribution >= 0.6 is 23.2 Å². The third-order valence-corrected chi connectivity index (χ3v) is 4.92. The van der Waals surface area contributed by atoms with E-state index >= 15 is 0 Å². The fraction of sp³-hybridized carbons (Fsp3) is 0.438. The molecule has 3 rings (SSSR count). The molecule has 0 spiro atoms. The summed E-state index contributed by atoms with van der Waals surface area (Å²) in [4.78, 5) is 13.0. The van der Waals surface area contributed by atoms with Gasteiger partial charge in [-0.2, -0.15) is 0 Å². The molecule has 1 aromatic carbocycles. The van der Waals surface area contributed by atoms with Crippen LogP contribution < -0.4 is 10.2 Å². The summed E-state index contributed by atoms with van der Waals surface area (Å²) in [5.74, 6) is -0.545. The van der Waals surface area contributed by atoms with Gasteiger partial charge in [0.15, 0.2) is 12.5 Å². The molecule has 1 aromatic rings. The van der Waals surface area contributed by atoms with Crippen molar-refractivity contribution in [2.24, 2.45) is 0 Å². The van der Waals surface area contributed by atoms with Crippen molar-refractivity contribution in [3.8, 4) is 0 Å². The minimum absolute atomic E-state index is 0.175. The number of anilines is 2. The number of aliphatic hydroxyl groups is 2. The molecule has 1 amide bonds. The van der Waals surface area contributed by atoms with Gasteiger partial charge in [0, 0.05) is 5.69 Å². The number of rotatable bonds is 3. The van der Waals surface area contributed by atoms with Gasteiger partial charge in [0.2, 0.25) is 5.91 Å². The molecule has 0 saturated heterocycles. The van der Waals surface area contributed by atoms with E-state index in [0.717, 1.165) is 36.8 Å². The fourth-order valence-corrected chi connectivity index (χ4v) is 3.48. The highest BCUT2D eigenvalue weighted by Crippen LogP contribution is 2.41. The Labute approximate surface area is 144 Å². The lowest BCUT2D eigenvalue weighted by Crippen LogP contribution is -2.38. The Morgan fingerprint density at radius 3 is 2.39 bits per heavy atom. The SMILES string of the molecule is O=C(CCl)Nc1cc(N2C(O)C3=C(CCCC3)C2O)ccc1Cl. The molecule has 124 valence electrons.